The molecule has 13 rings (SSSR count). The number of ether oxygens (including phenoxy) is 6. The Morgan fingerprint density at radius 1 is 0.420 bits per heavy atom. The SMILES string of the molecule is COC(=O)C1=C(C(=O)OC)C2(C)OC1(C)C1C3C=CC(C4C3C3C4C4C5C6C=CC(C5C34)C3C6C4(C)OC3(C)C(C(=O)OC)=C4C(=O)OC)C12. The van der Waals surface area contributed by atoms with Gasteiger partial charge in [-0.1, -0.05) is 24.3 Å². The third kappa shape index (κ3) is 2.68. The highest BCUT2D eigenvalue weighted by molar-refractivity contribution is 6.06. The van der Waals surface area contributed by atoms with Crippen LogP contribution < -0.4 is 0 Å². The van der Waals surface area contributed by atoms with Crippen LogP contribution in [0.15, 0.2) is 46.6 Å². The van der Waals surface area contributed by atoms with E-state index >= 15 is 0 Å². The average molecular weight is 685 g/mol. The van der Waals surface area contributed by atoms with Gasteiger partial charge in [0, 0.05) is 23.7 Å². The van der Waals surface area contributed by atoms with Crippen molar-refractivity contribution in [2.45, 2.75) is 50.1 Å². The van der Waals surface area contributed by atoms with Gasteiger partial charge in [-0.25, -0.2) is 19.2 Å². The van der Waals surface area contributed by atoms with E-state index in [-0.39, 0.29) is 47.3 Å². The summed E-state index contributed by atoms with van der Waals surface area (Å²) < 4.78 is 34.9. The van der Waals surface area contributed by atoms with E-state index in [0.29, 0.717) is 69.6 Å². The van der Waals surface area contributed by atoms with E-state index in [1.807, 2.05) is 27.7 Å². The van der Waals surface area contributed by atoms with E-state index < -0.39 is 46.3 Å². The molecule has 0 spiro atoms. The predicted octanol–water partition coefficient (Wildman–Crippen LogP) is 3.46. The molecule has 0 aromatic carbocycles. The molecule has 16 unspecified atom stereocenters. The third-order valence-electron chi connectivity index (χ3n) is 17.2. The van der Waals surface area contributed by atoms with Gasteiger partial charge in [0.15, 0.2) is 0 Å². The van der Waals surface area contributed by atoms with Crippen molar-refractivity contribution in [3.05, 3.63) is 46.6 Å². The van der Waals surface area contributed by atoms with Gasteiger partial charge in [0.1, 0.15) is 22.4 Å². The molecule has 4 heterocycles. The highest BCUT2D eigenvalue weighted by Gasteiger charge is 2.87. The molecule has 7 fully saturated rings. The lowest BCUT2D eigenvalue weighted by Crippen LogP contribution is -2.83. The van der Waals surface area contributed by atoms with Crippen LogP contribution in [-0.2, 0) is 47.6 Å². The number of rotatable bonds is 4. The fraction of sp³-hybridized carbons (Fsp3) is 0.700. The molecule has 0 N–H and O–H groups in total. The van der Waals surface area contributed by atoms with Crippen LogP contribution in [0.25, 0.3) is 0 Å². The van der Waals surface area contributed by atoms with Crippen molar-refractivity contribution in [3.63, 3.8) is 0 Å². The summed E-state index contributed by atoms with van der Waals surface area (Å²) in [6.45, 7) is 7.99. The predicted molar refractivity (Wildman–Crippen MR) is 172 cm³/mol. The second-order valence-corrected chi connectivity index (χ2v) is 17.9. The number of esters is 4. The normalized spacial score (nSPS) is 57.8. The van der Waals surface area contributed by atoms with Crippen molar-refractivity contribution in [3.8, 4) is 0 Å². The Balaban J connectivity index is 0.973. The van der Waals surface area contributed by atoms with E-state index in [9.17, 15) is 19.2 Å². The van der Waals surface area contributed by atoms with Crippen LogP contribution in [0, 0.1) is 94.7 Å². The third-order valence-corrected chi connectivity index (χ3v) is 17.2. The lowest BCUT2D eigenvalue weighted by molar-refractivity contribution is -0.371. The van der Waals surface area contributed by atoms with Crippen LogP contribution in [0.1, 0.15) is 27.7 Å². The molecule has 2 saturated heterocycles. The molecule has 13 aliphatic rings. The summed E-state index contributed by atoms with van der Waals surface area (Å²) in [5.41, 5.74) is -2.44. The number of allylic oxidation sites excluding steroid dienone is 4. The lowest BCUT2D eigenvalue weighted by Gasteiger charge is -2.85. The van der Waals surface area contributed by atoms with E-state index in [0.717, 1.165) is 0 Å². The van der Waals surface area contributed by atoms with Crippen molar-refractivity contribution >= 4 is 23.9 Å². The fourth-order valence-corrected chi connectivity index (χ4v) is 16.6. The van der Waals surface area contributed by atoms with Crippen LogP contribution >= 0.6 is 0 Å². The Kier molecular flexibility index (Phi) is 5.28. The smallest absolute Gasteiger partial charge is 0.337 e. The highest BCUT2D eigenvalue weighted by atomic mass is 16.6. The molecule has 10 heteroatoms. The van der Waals surface area contributed by atoms with Gasteiger partial charge in [-0.3, -0.25) is 0 Å². The number of hydrogen-bond acceptors (Lipinski definition) is 10. The molecule has 0 radical (unpaired) electrons. The maximum atomic E-state index is 13.4. The van der Waals surface area contributed by atoms with Gasteiger partial charge in [-0.15, -0.1) is 0 Å². The summed E-state index contributed by atoms with van der Waals surface area (Å²) in [5, 5.41) is 0. The molecule has 9 aliphatic carbocycles. The zero-order chi connectivity index (χ0) is 34.9. The van der Waals surface area contributed by atoms with Crippen LogP contribution in [0.4, 0.5) is 0 Å². The van der Waals surface area contributed by atoms with Gasteiger partial charge in [-0.05, 0) is 98.7 Å². The first kappa shape index (κ1) is 30.4. The first-order chi connectivity index (χ1) is 23.8. The van der Waals surface area contributed by atoms with Gasteiger partial charge < -0.3 is 28.4 Å². The van der Waals surface area contributed by atoms with Crippen molar-refractivity contribution in [1.82, 2.24) is 0 Å². The number of methoxy groups -OCH3 is 4. The Bertz CT molecular complexity index is 1620. The lowest BCUT2D eigenvalue weighted by atomic mass is 9.18. The van der Waals surface area contributed by atoms with Crippen molar-refractivity contribution in [1.29, 1.82) is 0 Å². The van der Waals surface area contributed by atoms with Gasteiger partial charge in [0.05, 0.1) is 50.7 Å². The monoisotopic (exact) mass is 684 g/mol. The van der Waals surface area contributed by atoms with Gasteiger partial charge in [-0.2, -0.15) is 0 Å². The largest absolute Gasteiger partial charge is 0.466 e. The standard InChI is InChI=1S/C40H44O10/c1-37-25-13-9-10-14(26(25)38(2,49-37)30(34(42)46-6)29(37)33(41)45-5)18-17(13)21-22(18)24-20-16-12-11-15(19(20)23(21)24)27-28(16)40(4)32(36(44)48-8)31(35(43)47-7)39(27,3)50-40/h9-28H,1-8H3. The molecular weight excluding hydrogens is 640 g/mol. The van der Waals surface area contributed by atoms with Crippen molar-refractivity contribution < 1.29 is 47.6 Å². The first-order valence-electron chi connectivity index (χ1n) is 18.4. The van der Waals surface area contributed by atoms with Crippen molar-refractivity contribution in [2.75, 3.05) is 28.4 Å². The quantitative estimate of drug-likeness (QED) is 0.247. The molecule has 0 aromatic heterocycles. The minimum atomic E-state index is -0.941. The topological polar surface area (TPSA) is 124 Å². The van der Waals surface area contributed by atoms with E-state index in [4.69, 9.17) is 28.4 Å². The highest BCUT2D eigenvalue weighted by Crippen LogP contribution is 2.88. The van der Waals surface area contributed by atoms with Crippen LogP contribution in [0.5, 0.6) is 0 Å². The molecule has 0 amide bonds. The first-order valence-corrected chi connectivity index (χ1v) is 18.4. The summed E-state index contributed by atoms with van der Waals surface area (Å²) in [4.78, 5) is 53.5. The minimum absolute atomic E-state index is 0.0662. The minimum Gasteiger partial charge on any atom is -0.466 e. The zero-order valence-corrected chi connectivity index (χ0v) is 29.6. The summed E-state index contributed by atoms with van der Waals surface area (Å²) in [6, 6.07) is 0. The fourth-order valence-electron chi connectivity index (χ4n) is 16.6. The second kappa shape index (κ2) is 8.68. The van der Waals surface area contributed by atoms with Crippen LogP contribution in [0.3, 0.4) is 0 Å². The van der Waals surface area contributed by atoms with Crippen LogP contribution in [0.2, 0.25) is 0 Å². The van der Waals surface area contributed by atoms with E-state index in [1.165, 1.54) is 28.4 Å². The van der Waals surface area contributed by atoms with Crippen LogP contribution in [-0.4, -0.2) is 74.7 Å². The van der Waals surface area contributed by atoms with Crippen molar-refractivity contribution in [2.24, 2.45) is 94.7 Å². The summed E-state index contributed by atoms with van der Waals surface area (Å²) in [7, 11) is 5.44. The summed E-state index contributed by atoms with van der Waals surface area (Å²) >= 11 is 0. The molecular formula is C40H44O10. The summed E-state index contributed by atoms with van der Waals surface area (Å²) in [5.74, 6) is 3.58. The Labute approximate surface area is 290 Å². The molecule has 10 nitrogen and oxygen atoms in total. The molecule has 0 aromatic rings. The summed E-state index contributed by atoms with van der Waals surface area (Å²) in [6.07, 6.45) is 9.64. The Morgan fingerprint density at radius 2 is 0.620 bits per heavy atom. The molecule has 5 saturated carbocycles. The van der Waals surface area contributed by atoms with E-state index in [1.54, 1.807) is 0 Å². The average Bonchev–Trinajstić information content (AvgIpc) is 3.70. The second-order valence-electron chi connectivity index (χ2n) is 17.9. The number of hydrogen-bond donors (Lipinski definition) is 0. The number of carbonyl (C=O) groups excluding carboxylic acids is 4. The molecule has 4 aliphatic heterocycles. The Morgan fingerprint density at radius 3 is 0.800 bits per heavy atom. The van der Waals surface area contributed by atoms with Gasteiger partial charge in [0.25, 0.3) is 0 Å². The molecule has 16 atom stereocenters. The van der Waals surface area contributed by atoms with E-state index in [2.05, 4.69) is 24.3 Å². The number of carbonyl (C=O) groups is 4. The zero-order valence-electron chi connectivity index (χ0n) is 29.6. The van der Waals surface area contributed by atoms with Gasteiger partial charge in [0.2, 0.25) is 0 Å². The maximum absolute atomic E-state index is 13.4. The molecule has 264 valence electrons. The maximum Gasteiger partial charge on any atom is 0.337 e. The number of fused-ring (bicyclic) bond motifs is 8. The molecule has 8 bridgehead atoms. The van der Waals surface area contributed by atoms with Gasteiger partial charge >= 0.3 is 23.9 Å². The Hall–Kier alpha value is -3.24. The molecule has 50 heavy (non-hydrogen) atoms.